The largest absolute Gasteiger partial charge is 0.445 e. The lowest BCUT2D eigenvalue weighted by Crippen LogP contribution is -2.28. The molecule has 4 nitrogen and oxygen atoms in total. The molecule has 1 aliphatic heterocycles. The summed E-state index contributed by atoms with van der Waals surface area (Å²) in [5, 5.41) is 2.45. The van der Waals surface area contributed by atoms with E-state index in [1.54, 1.807) is 7.05 Å². The standard InChI is InChI=1S/C8H16N2O2/c1-3-10-5-4-7(6-10)12-8(11)9-2/h7H,3-6H2,1-2H3,(H,9,11)/t7-/m1/s1. The number of likely N-dealkylation sites (N-methyl/N-ethyl adjacent to an activating group) is 1. The number of nitrogens with one attached hydrogen (secondary N) is 1. The molecule has 0 radical (unpaired) electrons. The van der Waals surface area contributed by atoms with Crippen molar-refractivity contribution >= 4 is 6.09 Å². The lowest BCUT2D eigenvalue weighted by molar-refractivity contribution is 0.103. The second kappa shape index (κ2) is 4.30. The Hall–Kier alpha value is -0.770. The van der Waals surface area contributed by atoms with Crippen molar-refractivity contribution in [2.75, 3.05) is 26.7 Å². The minimum absolute atomic E-state index is 0.0879. The molecule has 0 saturated carbocycles. The molecular weight excluding hydrogens is 156 g/mol. The summed E-state index contributed by atoms with van der Waals surface area (Å²) in [6, 6.07) is 0. The van der Waals surface area contributed by atoms with E-state index in [0.717, 1.165) is 26.1 Å². The smallest absolute Gasteiger partial charge is 0.407 e. The third kappa shape index (κ3) is 2.37. The lowest BCUT2D eigenvalue weighted by Gasteiger charge is -2.13. The van der Waals surface area contributed by atoms with Crippen molar-refractivity contribution in [1.82, 2.24) is 10.2 Å². The number of rotatable bonds is 2. The molecule has 1 amide bonds. The van der Waals surface area contributed by atoms with Crippen LogP contribution in [0, 0.1) is 0 Å². The Balaban J connectivity index is 2.23. The van der Waals surface area contributed by atoms with Gasteiger partial charge in [0.1, 0.15) is 6.10 Å². The summed E-state index contributed by atoms with van der Waals surface area (Å²) < 4.78 is 5.10. The second-order valence-electron chi connectivity index (χ2n) is 2.96. The molecule has 1 rings (SSSR count). The number of nitrogens with zero attached hydrogens (tertiary/aromatic N) is 1. The number of carbonyl (C=O) groups excluding carboxylic acids is 1. The molecule has 12 heavy (non-hydrogen) atoms. The van der Waals surface area contributed by atoms with Gasteiger partial charge in [0.05, 0.1) is 0 Å². The van der Waals surface area contributed by atoms with Crippen LogP contribution in [0.25, 0.3) is 0 Å². The Morgan fingerprint density at radius 2 is 2.50 bits per heavy atom. The van der Waals surface area contributed by atoms with E-state index in [-0.39, 0.29) is 12.2 Å². The van der Waals surface area contributed by atoms with Gasteiger partial charge >= 0.3 is 6.09 Å². The van der Waals surface area contributed by atoms with Crippen LogP contribution in [0.1, 0.15) is 13.3 Å². The van der Waals surface area contributed by atoms with E-state index >= 15 is 0 Å². The highest BCUT2D eigenvalue weighted by Gasteiger charge is 2.23. The molecule has 0 aromatic rings. The molecule has 0 aromatic heterocycles. The molecule has 1 atom stereocenters. The highest BCUT2D eigenvalue weighted by molar-refractivity contribution is 5.66. The molecule has 1 fully saturated rings. The molecule has 70 valence electrons. The monoisotopic (exact) mass is 172 g/mol. The summed E-state index contributed by atoms with van der Waals surface area (Å²) >= 11 is 0. The van der Waals surface area contributed by atoms with Crippen LogP contribution in [0.4, 0.5) is 4.79 Å². The van der Waals surface area contributed by atoms with E-state index in [9.17, 15) is 4.79 Å². The van der Waals surface area contributed by atoms with Gasteiger partial charge in [-0.05, 0) is 13.0 Å². The molecule has 4 heteroatoms. The van der Waals surface area contributed by atoms with Gasteiger partial charge in [0, 0.05) is 20.1 Å². The summed E-state index contributed by atoms with van der Waals surface area (Å²) in [4.78, 5) is 13.1. The summed E-state index contributed by atoms with van der Waals surface area (Å²) in [6.07, 6.45) is 0.726. The summed E-state index contributed by atoms with van der Waals surface area (Å²) in [6.45, 7) is 5.07. The number of ether oxygens (including phenoxy) is 1. The van der Waals surface area contributed by atoms with Crippen LogP contribution in [-0.4, -0.2) is 43.8 Å². The zero-order chi connectivity index (χ0) is 8.97. The van der Waals surface area contributed by atoms with Crippen LogP contribution >= 0.6 is 0 Å². The third-order valence-corrected chi connectivity index (χ3v) is 2.15. The Bertz CT molecular complexity index is 161. The van der Waals surface area contributed by atoms with Crippen LogP contribution in [0.3, 0.4) is 0 Å². The van der Waals surface area contributed by atoms with Crippen molar-refractivity contribution in [3.05, 3.63) is 0 Å². The van der Waals surface area contributed by atoms with Gasteiger partial charge in [-0.25, -0.2) is 4.79 Å². The molecule has 0 aliphatic carbocycles. The maximum absolute atomic E-state index is 10.8. The van der Waals surface area contributed by atoms with Gasteiger partial charge in [-0.1, -0.05) is 6.92 Å². The Labute approximate surface area is 72.9 Å². The molecule has 0 unspecified atom stereocenters. The first-order valence-corrected chi connectivity index (χ1v) is 4.37. The number of amides is 1. The zero-order valence-electron chi connectivity index (χ0n) is 7.67. The van der Waals surface area contributed by atoms with Gasteiger partial charge in [-0.3, -0.25) is 4.90 Å². The van der Waals surface area contributed by atoms with Crippen molar-refractivity contribution < 1.29 is 9.53 Å². The van der Waals surface area contributed by atoms with Crippen LogP contribution in [0.5, 0.6) is 0 Å². The summed E-state index contributed by atoms with van der Waals surface area (Å²) in [5.74, 6) is 0. The van der Waals surface area contributed by atoms with Gasteiger partial charge in [0.25, 0.3) is 0 Å². The van der Waals surface area contributed by atoms with Crippen molar-refractivity contribution in [2.45, 2.75) is 19.4 Å². The van der Waals surface area contributed by atoms with Crippen molar-refractivity contribution in [2.24, 2.45) is 0 Å². The number of likely N-dealkylation sites (tertiary alicyclic amines) is 1. The van der Waals surface area contributed by atoms with E-state index < -0.39 is 0 Å². The number of carbonyl (C=O) groups is 1. The van der Waals surface area contributed by atoms with Gasteiger partial charge in [0.2, 0.25) is 0 Å². The third-order valence-electron chi connectivity index (χ3n) is 2.15. The van der Waals surface area contributed by atoms with Gasteiger partial charge in [-0.15, -0.1) is 0 Å². The Morgan fingerprint density at radius 1 is 1.75 bits per heavy atom. The molecule has 0 bridgehead atoms. The van der Waals surface area contributed by atoms with E-state index in [4.69, 9.17) is 4.74 Å². The highest BCUT2D eigenvalue weighted by atomic mass is 16.6. The average molecular weight is 172 g/mol. The van der Waals surface area contributed by atoms with Crippen LogP contribution < -0.4 is 5.32 Å². The number of hydrogen-bond donors (Lipinski definition) is 1. The van der Waals surface area contributed by atoms with Gasteiger partial charge in [-0.2, -0.15) is 0 Å². The van der Waals surface area contributed by atoms with E-state index in [2.05, 4.69) is 17.1 Å². The molecule has 1 saturated heterocycles. The number of alkyl carbamates (subject to hydrolysis) is 1. The average Bonchev–Trinajstić information content (AvgIpc) is 2.52. The summed E-state index contributed by atoms with van der Waals surface area (Å²) in [5.41, 5.74) is 0. The predicted octanol–water partition coefficient (Wildman–Crippen LogP) is 0.437. The number of hydrogen-bond acceptors (Lipinski definition) is 3. The Morgan fingerprint density at radius 3 is 3.00 bits per heavy atom. The zero-order valence-corrected chi connectivity index (χ0v) is 7.67. The second-order valence-corrected chi connectivity index (χ2v) is 2.96. The Kier molecular flexibility index (Phi) is 3.34. The van der Waals surface area contributed by atoms with Crippen LogP contribution in [-0.2, 0) is 4.74 Å². The molecular formula is C8H16N2O2. The first kappa shape index (κ1) is 9.32. The first-order chi connectivity index (χ1) is 5.76. The van der Waals surface area contributed by atoms with Crippen molar-refractivity contribution in [3.8, 4) is 0 Å². The molecule has 0 aromatic carbocycles. The normalized spacial score (nSPS) is 24.0. The maximum atomic E-state index is 10.8. The van der Waals surface area contributed by atoms with Crippen molar-refractivity contribution in [3.63, 3.8) is 0 Å². The summed E-state index contributed by atoms with van der Waals surface area (Å²) in [7, 11) is 1.58. The SMILES string of the molecule is CCN1CC[C@@H](OC(=O)NC)C1. The van der Waals surface area contributed by atoms with Crippen LogP contribution in [0.2, 0.25) is 0 Å². The predicted molar refractivity (Wildman–Crippen MR) is 46.1 cm³/mol. The molecule has 0 spiro atoms. The molecule has 1 aliphatic rings. The van der Waals surface area contributed by atoms with Crippen LogP contribution in [0.15, 0.2) is 0 Å². The van der Waals surface area contributed by atoms with Gasteiger partial charge in [0.15, 0.2) is 0 Å². The minimum atomic E-state index is -0.321. The first-order valence-electron chi connectivity index (χ1n) is 4.37. The van der Waals surface area contributed by atoms with E-state index in [1.807, 2.05) is 0 Å². The maximum Gasteiger partial charge on any atom is 0.407 e. The quantitative estimate of drug-likeness (QED) is 0.657. The fourth-order valence-corrected chi connectivity index (χ4v) is 1.39. The van der Waals surface area contributed by atoms with Crippen molar-refractivity contribution in [1.29, 1.82) is 0 Å². The highest BCUT2D eigenvalue weighted by Crippen LogP contribution is 2.11. The topological polar surface area (TPSA) is 41.6 Å². The lowest BCUT2D eigenvalue weighted by atomic mass is 10.3. The minimum Gasteiger partial charge on any atom is -0.445 e. The molecule has 1 heterocycles. The van der Waals surface area contributed by atoms with Gasteiger partial charge < -0.3 is 10.1 Å². The fourth-order valence-electron chi connectivity index (χ4n) is 1.39. The van der Waals surface area contributed by atoms with E-state index in [1.165, 1.54) is 0 Å². The fraction of sp³-hybridized carbons (Fsp3) is 0.875. The molecule has 1 N–H and O–H groups in total. The van der Waals surface area contributed by atoms with E-state index in [0.29, 0.717) is 0 Å².